The van der Waals surface area contributed by atoms with E-state index in [4.69, 9.17) is 4.74 Å². The van der Waals surface area contributed by atoms with Crippen LogP contribution >= 0.6 is 15.9 Å². The summed E-state index contributed by atoms with van der Waals surface area (Å²) < 4.78 is 6.56. The smallest absolute Gasteiger partial charge is 0.124 e. The SMILES string of the molecule is CCCCCCCCC(NC)c1ccc(Br)cc1OC. The van der Waals surface area contributed by atoms with Gasteiger partial charge in [0.05, 0.1) is 7.11 Å². The molecule has 0 aliphatic heterocycles. The number of hydrogen-bond donors (Lipinski definition) is 1. The minimum atomic E-state index is 0.379. The molecular formula is C17H28BrNO. The molecule has 1 aromatic rings. The highest BCUT2D eigenvalue weighted by Crippen LogP contribution is 2.31. The normalized spacial score (nSPS) is 12.4. The molecule has 1 aromatic carbocycles. The molecule has 0 heterocycles. The molecule has 1 atom stereocenters. The van der Waals surface area contributed by atoms with Gasteiger partial charge in [-0.15, -0.1) is 0 Å². The molecule has 0 aliphatic rings. The van der Waals surface area contributed by atoms with Gasteiger partial charge in [-0.05, 0) is 25.6 Å². The lowest BCUT2D eigenvalue weighted by atomic mass is 9.99. The summed E-state index contributed by atoms with van der Waals surface area (Å²) in [5.74, 6) is 0.963. The van der Waals surface area contributed by atoms with Gasteiger partial charge >= 0.3 is 0 Å². The van der Waals surface area contributed by atoms with Gasteiger partial charge in [0, 0.05) is 16.1 Å². The number of rotatable bonds is 10. The molecule has 0 saturated carbocycles. The van der Waals surface area contributed by atoms with Gasteiger partial charge in [0.1, 0.15) is 5.75 Å². The molecule has 3 heteroatoms. The summed E-state index contributed by atoms with van der Waals surface area (Å²) >= 11 is 3.50. The first-order chi connectivity index (χ1) is 9.72. The van der Waals surface area contributed by atoms with Crippen molar-refractivity contribution in [1.82, 2.24) is 5.32 Å². The highest BCUT2D eigenvalue weighted by molar-refractivity contribution is 9.10. The quantitative estimate of drug-likeness (QED) is 0.569. The van der Waals surface area contributed by atoms with Gasteiger partial charge in [0.25, 0.3) is 0 Å². The molecule has 0 spiro atoms. The second-order valence-corrected chi connectivity index (χ2v) is 6.20. The fraction of sp³-hybridized carbons (Fsp3) is 0.647. The van der Waals surface area contributed by atoms with E-state index >= 15 is 0 Å². The van der Waals surface area contributed by atoms with Crippen LogP contribution in [0, 0.1) is 0 Å². The maximum absolute atomic E-state index is 5.50. The van der Waals surface area contributed by atoms with Gasteiger partial charge in [-0.25, -0.2) is 0 Å². The van der Waals surface area contributed by atoms with Crippen LogP contribution in [-0.4, -0.2) is 14.2 Å². The third-order valence-corrected chi connectivity index (χ3v) is 4.26. The average molecular weight is 342 g/mol. The molecule has 2 nitrogen and oxygen atoms in total. The van der Waals surface area contributed by atoms with Gasteiger partial charge in [-0.1, -0.05) is 67.4 Å². The van der Waals surface area contributed by atoms with E-state index in [0.29, 0.717) is 6.04 Å². The summed E-state index contributed by atoms with van der Waals surface area (Å²) in [5.41, 5.74) is 1.26. The van der Waals surface area contributed by atoms with E-state index in [1.165, 1.54) is 50.5 Å². The third kappa shape index (κ3) is 5.84. The van der Waals surface area contributed by atoms with Gasteiger partial charge in [-0.3, -0.25) is 0 Å². The van der Waals surface area contributed by atoms with E-state index < -0.39 is 0 Å². The Hall–Kier alpha value is -0.540. The lowest BCUT2D eigenvalue weighted by molar-refractivity contribution is 0.396. The fourth-order valence-electron chi connectivity index (χ4n) is 2.56. The summed E-state index contributed by atoms with van der Waals surface area (Å²) in [6.07, 6.45) is 9.20. The maximum Gasteiger partial charge on any atom is 0.124 e. The van der Waals surface area contributed by atoms with Gasteiger partial charge in [-0.2, -0.15) is 0 Å². The summed E-state index contributed by atoms with van der Waals surface area (Å²) in [5, 5.41) is 3.42. The highest BCUT2D eigenvalue weighted by Gasteiger charge is 2.14. The molecule has 1 N–H and O–H groups in total. The Kier molecular flexibility index (Phi) is 8.95. The predicted octanol–water partition coefficient (Wildman–Crippen LogP) is 5.47. The van der Waals surface area contributed by atoms with Crippen LogP contribution in [-0.2, 0) is 0 Å². The molecule has 0 fully saturated rings. The molecule has 114 valence electrons. The van der Waals surface area contributed by atoms with E-state index in [2.05, 4.69) is 40.3 Å². The zero-order chi connectivity index (χ0) is 14.8. The molecular weight excluding hydrogens is 314 g/mol. The second-order valence-electron chi connectivity index (χ2n) is 5.28. The summed E-state index contributed by atoms with van der Waals surface area (Å²) in [7, 11) is 3.77. The minimum absolute atomic E-state index is 0.379. The summed E-state index contributed by atoms with van der Waals surface area (Å²) in [6, 6.07) is 6.66. The van der Waals surface area contributed by atoms with Gasteiger partial charge in [0.15, 0.2) is 0 Å². The van der Waals surface area contributed by atoms with Crippen LogP contribution in [0.2, 0.25) is 0 Å². The van der Waals surface area contributed by atoms with Crippen molar-refractivity contribution in [3.8, 4) is 5.75 Å². The molecule has 0 radical (unpaired) electrons. The summed E-state index contributed by atoms with van der Waals surface area (Å²) in [6.45, 7) is 2.26. The number of hydrogen-bond acceptors (Lipinski definition) is 2. The van der Waals surface area contributed by atoms with E-state index in [-0.39, 0.29) is 0 Å². The summed E-state index contributed by atoms with van der Waals surface area (Å²) in [4.78, 5) is 0. The molecule has 0 bridgehead atoms. The Balaban J connectivity index is 2.49. The Morgan fingerprint density at radius 2 is 1.85 bits per heavy atom. The van der Waals surface area contributed by atoms with E-state index in [9.17, 15) is 0 Å². The molecule has 0 amide bonds. The Morgan fingerprint density at radius 3 is 2.50 bits per heavy atom. The van der Waals surface area contributed by atoms with Crippen LogP contribution in [0.25, 0.3) is 0 Å². The van der Waals surface area contributed by atoms with Crippen molar-refractivity contribution in [1.29, 1.82) is 0 Å². The number of unbranched alkanes of at least 4 members (excludes halogenated alkanes) is 5. The first-order valence-electron chi connectivity index (χ1n) is 7.73. The van der Waals surface area contributed by atoms with Gasteiger partial charge in [0.2, 0.25) is 0 Å². The van der Waals surface area contributed by atoms with Crippen LogP contribution in [0.15, 0.2) is 22.7 Å². The Labute approximate surface area is 132 Å². The lowest BCUT2D eigenvalue weighted by Crippen LogP contribution is -2.17. The van der Waals surface area contributed by atoms with E-state index in [0.717, 1.165) is 10.2 Å². The van der Waals surface area contributed by atoms with Crippen LogP contribution in [0.3, 0.4) is 0 Å². The van der Waals surface area contributed by atoms with Crippen LogP contribution < -0.4 is 10.1 Å². The molecule has 0 aliphatic carbocycles. The van der Waals surface area contributed by atoms with Crippen molar-refractivity contribution in [3.63, 3.8) is 0 Å². The number of ether oxygens (including phenoxy) is 1. The van der Waals surface area contributed by atoms with Crippen molar-refractivity contribution in [2.75, 3.05) is 14.2 Å². The molecule has 20 heavy (non-hydrogen) atoms. The predicted molar refractivity (Wildman–Crippen MR) is 90.5 cm³/mol. The zero-order valence-corrected chi connectivity index (χ0v) is 14.6. The average Bonchev–Trinajstić information content (AvgIpc) is 2.47. The Morgan fingerprint density at radius 1 is 1.15 bits per heavy atom. The lowest BCUT2D eigenvalue weighted by Gasteiger charge is -2.19. The van der Waals surface area contributed by atoms with E-state index in [1.54, 1.807) is 7.11 Å². The maximum atomic E-state index is 5.50. The number of benzene rings is 1. The first kappa shape index (κ1) is 17.5. The van der Waals surface area contributed by atoms with Crippen molar-refractivity contribution in [2.45, 2.75) is 57.9 Å². The third-order valence-electron chi connectivity index (χ3n) is 3.77. The van der Waals surface area contributed by atoms with Gasteiger partial charge < -0.3 is 10.1 Å². The van der Waals surface area contributed by atoms with Crippen LogP contribution in [0.4, 0.5) is 0 Å². The van der Waals surface area contributed by atoms with E-state index in [1.807, 2.05) is 13.1 Å². The molecule has 1 rings (SSSR count). The molecule has 0 saturated heterocycles. The monoisotopic (exact) mass is 341 g/mol. The number of methoxy groups -OCH3 is 1. The minimum Gasteiger partial charge on any atom is -0.496 e. The van der Waals surface area contributed by atoms with Crippen molar-refractivity contribution in [3.05, 3.63) is 28.2 Å². The topological polar surface area (TPSA) is 21.3 Å². The largest absolute Gasteiger partial charge is 0.496 e. The number of halogens is 1. The number of nitrogens with one attached hydrogen (secondary N) is 1. The van der Waals surface area contributed by atoms with Crippen molar-refractivity contribution < 1.29 is 4.74 Å². The Bertz CT molecular complexity index is 381. The van der Waals surface area contributed by atoms with Crippen molar-refractivity contribution in [2.24, 2.45) is 0 Å². The van der Waals surface area contributed by atoms with Crippen LogP contribution in [0.5, 0.6) is 5.75 Å². The molecule has 1 unspecified atom stereocenters. The zero-order valence-electron chi connectivity index (χ0n) is 13.0. The molecule has 0 aromatic heterocycles. The van der Waals surface area contributed by atoms with Crippen LogP contribution in [0.1, 0.15) is 63.5 Å². The fourth-order valence-corrected chi connectivity index (χ4v) is 2.90. The first-order valence-corrected chi connectivity index (χ1v) is 8.53. The van der Waals surface area contributed by atoms with Crippen molar-refractivity contribution >= 4 is 15.9 Å². The highest BCUT2D eigenvalue weighted by atomic mass is 79.9. The standard InChI is InChI=1S/C17H28BrNO/c1-4-5-6-7-8-9-10-16(19-2)15-12-11-14(18)13-17(15)20-3/h11-13,16,19H,4-10H2,1-3H3. The second kappa shape index (κ2) is 10.2.